The van der Waals surface area contributed by atoms with Gasteiger partial charge in [-0.05, 0) is 6.07 Å². The van der Waals surface area contributed by atoms with Crippen LogP contribution in [0.25, 0.3) is 10.2 Å². The Kier molecular flexibility index (Phi) is 3.18. The van der Waals surface area contributed by atoms with E-state index in [4.69, 9.17) is 0 Å². The predicted molar refractivity (Wildman–Crippen MR) is 78.8 cm³/mol. The highest BCUT2D eigenvalue weighted by Crippen LogP contribution is 2.43. The summed E-state index contributed by atoms with van der Waals surface area (Å²) in [5.41, 5.74) is -0.0812. The molecule has 1 amide bonds. The number of likely N-dealkylation sites (tertiary alicyclic amines) is 1. The van der Waals surface area contributed by atoms with Crippen LogP contribution in [0, 0.1) is 5.41 Å². The molecule has 2 aromatic heterocycles. The Morgan fingerprint density at radius 1 is 1.29 bits per heavy atom. The molecule has 2 aromatic rings. The fourth-order valence-electron chi connectivity index (χ4n) is 3.44. The third-order valence-corrected chi connectivity index (χ3v) is 5.44. The fraction of sp³-hybridized carbons (Fsp3) is 0.500. The number of fused-ring (bicyclic) bond motifs is 1. The van der Waals surface area contributed by atoms with Crippen molar-refractivity contribution in [3.05, 3.63) is 17.3 Å². The summed E-state index contributed by atoms with van der Waals surface area (Å²) in [6.07, 6.45) is -5.05. The summed E-state index contributed by atoms with van der Waals surface area (Å²) >= 11 is 1.02. The molecule has 0 radical (unpaired) electrons. The van der Waals surface area contributed by atoms with E-state index in [1.165, 1.54) is 17.3 Å². The van der Waals surface area contributed by atoms with Crippen molar-refractivity contribution >= 4 is 33.5 Å². The molecule has 2 fully saturated rings. The lowest BCUT2D eigenvalue weighted by atomic mass is 9.73. The maximum absolute atomic E-state index is 12.6. The van der Waals surface area contributed by atoms with Crippen molar-refractivity contribution in [2.75, 3.05) is 31.1 Å². The quantitative estimate of drug-likeness (QED) is 0.809. The first kappa shape index (κ1) is 15.4. The Hall–Kier alpha value is -2.10. The highest BCUT2D eigenvalue weighted by Gasteiger charge is 2.52. The van der Waals surface area contributed by atoms with Gasteiger partial charge in [-0.2, -0.15) is 13.2 Å². The third-order valence-electron chi connectivity index (χ3n) is 4.40. The molecule has 0 aliphatic carbocycles. The molecule has 0 atom stereocenters. The summed E-state index contributed by atoms with van der Waals surface area (Å²) in [5, 5.41) is 11.4. The first-order valence-corrected chi connectivity index (χ1v) is 8.07. The molecule has 0 unspecified atom stereocenters. The lowest BCUT2D eigenvalue weighted by Crippen LogP contribution is -2.74. The number of anilines is 1. The van der Waals surface area contributed by atoms with E-state index in [9.17, 15) is 23.1 Å². The second-order valence-corrected chi connectivity index (χ2v) is 7.51. The van der Waals surface area contributed by atoms with Gasteiger partial charge in [0, 0.05) is 36.5 Å². The van der Waals surface area contributed by atoms with Gasteiger partial charge in [0.15, 0.2) is 0 Å². The summed E-state index contributed by atoms with van der Waals surface area (Å²) in [4.78, 5) is 23.0. The SMILES string of the molecule is O=C([O-])N1CC2(C1)CN(c1ncnc3sc(CC(F)(F)F)cc13)C2. The molecule has 1 spiro atoms. The van der Waals surface area contributed by atoms with Crippen molar-refractivity contribution in [1.29, 1.82) is 0 Å². The van der Waals surface area contributed by atoms with E-state index in [2.05, 4.69) is 9.97 Å². The number of aromatic nitrogens is 2. The number of amides is 1. The molecule has 2 aliphatic rings. The highest BCUT2D eigenvalue weighted by molar-refractivity contribution is 7.18. The number of thiophene rings is 1. The zero-order valence-electron chi connectivity index (χ0n) is 12.3. The van der Waals surface area contributed by atoms with Crippen molar-refractivity contribution in [2.24, 2.45) is 5.41 Å². The van der Waals surface area contributed by atoms with E-state index >= 15 is 0 Å². The highest BCUT2D eigenvalue weighted by atomic mass is 32.1. The molecule has 4 heterocycles. The van der Waals surface area contributed by atoms with Crippen molar-refractivity contribution in [3.8, 4) is 0 Å². The number of alkyl halides is 3. The second kappa shape index (κ2) is 4.95. The van der Waals surface area contributed by atoms with Gasteiger partial charge in [-0.3, -0.25) is 0 Å². The summed E-state index contributed by atoms with van der Waals surface area (Å²) < 4.78 is 37.7. The Balaban J connectivity index is 1.53. The number of hydrogen-bond acceptors (Lipinski definition) is 6. The summed E-state index contributed by atoms with van der Waals surface area (Å²) in [7, 11) is 0. The number of halogens is 3. The van der Waals surface area contributed by atoms with E-state index in [0.717, 1.165) is 11.3 Å². The lowest BCUT2D eigenvalue weighted by molar-refractivity contribution is -0.276. The van der Waals surface area contributed by atoms with Crippen LogP contribution in [0.4, 0.5) is 23.8 Å². The van der Waals surface area contributed by atoms with Gasteiger partial charge in [-0.1, -0.05) is 0 Å². The minimum atomic E-state index is -4.25. The van der Waals surface area contributed by atoms with Gasteiger partial charge in [0.25, 0.3) is 0 Å². The molecule has 0 saturated carbocycles. The minimum Gasteiger partial charge on any atom is -0.530 e. The van der Waals surface area contributed by atoms with Gasteiger partial charge in [0.2, 0.25) is 0 Å². The topological polar surface area (TPSA) is 72.4 Å². The molecule has 4 rings (SSSR count). The lowest BCUT2D eigenvalue weighted by Gasteiger charge is -2.61. The molecule has 0 N–H and O–H groups in total. The van der Waals surface area contributed by atoms with E-state index in [-0.39, 0.29) is 10.3 Å². The van der Waals surface area contributed by atoms with Crippen LogP contribution in [-0.4, -0.2) is 53.3 Å². The standard InChI is InChI=1S/C14H13F3N4O2S/c15-14(16,17)2-8-1-9-10(18-7-19-11(9)24-8)20-3-13(4-20)5-21(6-13)12(22)23/h1,7H,2-6H2,(H,22,23)/p-1. The molecule has 0 bridgehead atoms. The van der Waals surface area contributed by atoms with E-state index < -0.39 is 18.7 Å². The summed E-state index contributed by atoms with van der Waals surface area (Å²) in [6.45, 7) is 2.13. The van der Waals surface area contributed by atoms with Crippen LogP contribution < -0.4 is 10.0 Å². The smallest absolute Gasteiger partial charge is 0.393 e. The summed E-state index contributed by atoms with van der Waals surface area (Å²) in [6, 6.07) is 1.50. The number of rotatable bonds is 2. The first-order chi connectivity index (χ1) is 11.2. The van der Waals surface area contributed by atoms with Crippen LogP contribution >= 0.6 is 11.3 Å². The molecule has 10 heteroatoms. The minimum absolute atomic E-state index is 0.0812. The number of carbonyl (C=O) groups is 1. The number of nitrogens with zero attached hydrogens (tertiary/aromatic N) is 4. The van der Waals surface area contributed by atoms with Gasteiger partial charge in [-0.25, -0.2) is 9.97 Å². The third kappa shape index (κ3) is 2.54. The van der Waals surface area contributed by atoms with Crippen LogP contribution in [0.5, 0.6) is 0 Å². The van der Waals surface area contributed by atoms with Gasteiger partial charge >= 0.3 is 6.18 Å². The summed E-state index contributed by atoms with van der Waals surface area (Å²) in [5.74, 6) is 0.613. The molecule has 2 saturated heterocycles. The molecular weight excluding hydrogens is 345 g/mol. The molecular formula is C14H12F3N4O2S-. The average molecular weight is 357 g/mol. The van der Waals surface area contributed by atoms with Crippen molar-refractivity contribution in [1.82, 2.24) is 14.9 Å². The second-order valence-electron chi connectivity index (χ2n) is 6.40. The Morgan fingerprint density at radius 3 is 2.62 bits per heavy atom. The van der Waals surface area contributed by atoms with Crippen LogP contribution in [0.3, 0.4) is 0 Å². The van der Waals surface area contributed by atoms with E-state index in [0.29, 0.717) is 42.2 Å². The average Bonchev–Trinajstić information content (AvgIpc) is 2.75. The molecule has 2 aliphatic heterocycles. The van der Waals surface area contributed by atoms with Crippen LogP contribution in [-0.2, 0) is 6.42 Å². The van der Waals surface area contributed by atoms with E-state index in [1.54, 1.807) is 0 Å². The molecule has 128 valence electrons. The van der Waals surface area contributed by atoms with Crippen molar-refractivity contribution < 1.29 is 23.1 Å². The molecule has 24 heavy (non-hydrogen) atoms. The Labute approximate surface area is 138 Å². The molecule has 6 nitrogen and oxygen atoms in total. The Morgan fingerprint density at radius 2 is 2.00 bits per heavy atom. The fourth-order valence-corrected chi connectivity index (χ4v) is 4.46. The number of carboxylic acid groups (broad SMARTS) is 1. The Bertz CT molecular complexity index is 808. The van der Waals surface area contributed by atoms with Crippen LogP contribution in [0.1, 0.15) is 4.88 Å². The molecule has 0 aromatic carbocycles. The normalized spacial score (nSPS) is 19.5. The van der Waals surface area contributed by atoms with Gasteiger partial charge in [0.1, 0.15) is 23.1 Å². The van der Waals surface area contributed by atoms with Crippen LogP contribution in [0.2, 0.25) is 0 Å². The van der Waals surface area contributed by atoms with Gasteiger partial charge in [-0.15, -0.1) is 11.3 Å². The predicted octanol–water partition coefficient (Wildman–Crippen LogP) is 1.26. The first-order valence-electron chi connectivity index (χ1n) is 7.26. The van der Waals surface area contributed by atoms with E-state index in [1.807, 2.05) is 4.90 Å². The van der Waals surface area contributed by atoms with Crippen molar-refractivity contribution in [3.63, 3.8) is 0 Å². The number of hydrogen-bond donors (Lipinski definition) is 0. The maximum atomic E-state index is 12.6. The monoisotopic (exact) mass is 357 g/mol. The van der Waals surface area contributed by atoms with Crippen LogP contribution in [0.15, 0.2) is 12.4 Å². The van der Waals surface area contributed by atoms with Gasteiger partial charge < -0.3 is 19.7 Å². The zero-order chi connectivity index (χ0) is 17.1. The van der Waals surface area contributed by atoms with Crippen molar-refractivity contribution in [2.45, 2.75) is 12.6 Å². The number of carbonyl (C=O) groups excluding carboxylic acids is 1. The largest absolute Gasteiger partial charge is 0.530 e. The van der Waals surface area contributed by atoms with Gasteiger partial charge in [0.05, 0.1) is 11.8 Å². The maximum Gasteiger partial charge on any atom is 0.393 e. The zero-order valence-corrected chi connectivity index (χ0v) is 13.2.